The summed E-state index contributed by atoms with van der Waals surface area (Å²) < 4.78 is 6.21. The topological polar surface area (TPSA) is 38.2 Å². The van der Waals surface area contributed by atoms with E-state index in [1.165, 1.54) is 35.2 Å². The third-order valence-corrected chi connectivity index (χ3v) is 8.96. The van der Waals surface area contributed by atoms with Crippen molar-refractivity contribution >= 4 is 17.3 Å². The van der Waals surface area contributed by atoms with Crippen LogP contribution in [0.15, 0.2) is 84.1 Å². The number of fused-ring (bicyclic) bond motifs is 3. The molecule has 7 rings (SSSR count). The van der Waals surface area contributed by atoms with E-state index in [0.717, 1.165) is 58.3 Å². The van der Waals surface area contributed by atoms with Crippen molar-refractivity contribution in [2.24, 2.45) is 0 Å². The predicted molar refractivity (Wildman–Crippen MR) is 159 cm³/mol. The third-order valence-electron chi connectivity index (χ3n) is 8.96. The van der Waals surface area contributed by atoms with Crippen molar-refractivity contribution < 1.29 is 4.74 Å². The average molecular weight is 514 g/mol. The van der Waals surface area contributed by atoms with Gasteiger partial charge in [-0.1, -0.05) is 45.9 Å². The molecule has 196 valence electrons. The number of benzene rings is 1. The molecule has 0 fully saturated rings. The van der Waals surface area contributed by atoms with Crippen molar-refractivity contribution in [1.82, 2.24) is 9.97 Å². The summed E-state index contributed by atoms with van der Waals surface area (Å²) in [5.41, 5.74) is 12.4. The Hall–Kier alpha value is -3.92. The van der Waals surface area contributed by atoms with E-state index in [0.29, 0.717) is 0 Å². The maximum Gasteiger partial charge on any atom is 0.127 e. The largest absolute Gasteiger partial charge is 0.462 e. The number of nitrogens with zero attached hydrogens (tertiary/aromatic N) is 3. The fraction of sp³-hybridized carbons (Fsp3) is 0.314. The van der Waals surface area contributed by atoms with Gasteiger partial charge in [-0.3, -0.25) is 9.97 Å². The summed E-state index contributed by atoms with van der Waals surface area (Å²) in [4.78, 5) is 12.1. The quantitative estimate of drug-likeness (QED) is 0.273. The molecule has 3 aromatic rings. The van der Waals surface area contributed by atoms with Crippen LogP contribution in [-0.2, 0) is 15.6 Å². The van der Waals surface area contributed by atoms with Crippen LogP contribution < -0.4 is 4.90 Å². The number of aromatic nitrogens is 2. The van der Waals surface area contributed by atoms with Gasteiger partial charge in [0.15, 0.2) is 0 Å². The minimum absolute atomic E-state index is 0.165. The number of hydrogen-bond acceptors (Lipinski definition) is 4. The highest BCUT2D eigenvalue weighted by molar-refractivity contribution is 6.00. The maximum absolute atomic E-state index is 6.21. The number of hydrogen-bond donors (Lipinski definition) is 0. The standard InChI is InChI=1S/C35H35N3O/c1-22-18-24(30-31-26(8-6-14-36-31)27-9-7-15-37-32(27)30)21-25(39-22)11-10-23-19-28-33-29(20-23)35(4,5)13-17-38(33)16-12-34(28,2)3/h6-11,14-15,18-21H,12-13,16-17H2,1-5H3. The van der Waals surface area contributed by atoms with Gasteiger partial charge in [0.2, 0.25) is 0 Å². The van der Waals surface area contributed by atoms with Crippen LogP contribution in [-0.4, -0.2) is 23.1 Å². The molecule has 3 aliphatic heterocycles. The van der Waals surface area contributed by atoms with Crippen LogP contribution in [0.25, 0.3) is 22.8 Å². The Balaban J connectivity index is 1.32. The van der Waals surface area contributed by atoms with E-state index in [9.17, 15) is 0 Å². The van der Waals surface area contributed by atoms with E-state index < -0.39 is 0 Å². The Kier molecular flexibility index (Phi) is 5.29. The van der Waals surface area contributed by atoms with Crippen LogP contribution >= 0.6 is 0 Å². The number of anilines is 1. The SMILES string of the molecule is CC1=CC(=C2c3ncccc3-c3cccnc32)C=C(C=Cc2cc3c4c(c2)C(C)(C)CCN4CCC3(C)C)O1. The third kappa shape index (κ3) is 3.88. The molecule has 0 saturated carbocycles. The number of ether oxygens (including phenoxy) is 1. The summed E-state index contributed by atoms with van der Waals surface area (Å²) in [7, 11) is 0. The Morgan fingerprint density at radius 2 is 1.41 bits per heavy atom. The molecule has 4 heteroatoms. The lowest BCUT2D eigenvalue weighted by molar-refractivity contribution is 0.318. The van der Waals surface area contributed by atoms with Crippen molar-refractivity contribution in [3.05, 3.63) is 112 Å². The molecule has 1 aromatic carbocycles. The summed E-state index contributed by atoms with van der Waals surface area (Å²) in [5.74, 6) is 1.69. The molecular formula is C35H35N3O. The molecule has 0 unspecified atom stereocenters. The van der Waals surface area contributed by atoms with E-state index in [1.807, 2.05) is 31.5 Å². The molecule has 0 saturated heterocycles. The van der Waals surface area contributed by atoms with Gasteiger partial charge in [-0.2, -0.15) is 0 Å². The van der Waals surface area contributed by atoms with Crippen molar-refractivity contribution in [3.8, 4) is 11.1 Å². The highest BCUT2D eigenvalue weighted by Gasteiger charge is 2.39. The van der Waals surface area contributed by atoms with E-state index in [1.54, 1.807) is 0 Å². The minimum atomic E-state index is 0.165. The number of pyridine rings is 2. The van der Waals surface area contributed by atoms with Gasteiger partial charge < -0.3 is 9.64 Å². The molecular weight excluding hydrogens is 478 g/mol. The Bertz CT molecular complexity index is 1560. The second-order valence-electron chi connectivity index (χ2n) is 12.6. The molecule has 0 N–H and O–H groups in total. The van der Waals surface area contributed by atoms with Gasteiger partial charge in [-0.15, -0.1) is 0 Å². The van der Waals surface area contributed by atoms with Crippen molar-refractivity contribution in [2.45, 2.75) is 58.3 Å². The highest BCUT2D eigenvalue weighted by Crippen LogP contribution is 2.50. The zero-order valence-corrected chi connectivity index (χ0v) is 23.5. The first-order valence-corrected chi connectivity index (χ1v) is 14.1. The van der Waals surface area contributed by atoms with E-state index in [4.69, 9.17) is 14.7 Å². The van der Waals surface area contributed by atoms with Gasteiger partial charge in [-0.25, -0.2) is 0 Å². The first-order valence-electron chi connectivity index (χ1n) is 14.1. The summed E-state index contributed by atoms with van der Waals surface area (Å²) in [6.45, 7) is 13.9. The summed E-state index contributed by atoms with van der Waals surface area (Å²) >= 11 is 0. The van der Waals surface area contributed by atoms with Gasteiger partial charge in [-0.05, 0) is 95.4 Å². The van der Waals surface area contributed by atoms with E-state index in [-0.39, 0.29) is 10.8 Å². The van der Waals surface area contributed by atoms with Crippen LogP contribution in [0, 0.1) is 0 Å². The van der Waals surface area contributed by atoms with Crippen molar-refractivity contribution in [1.29, 1.82) is 0 Å². The summed E-state index contributed by atoms with van der Waals surface area (Å²) in [6.07, 6.45) is 14.6. The Morgan fingerprint density at radius 3 is 2.00 bits per heavy atom. The molecule has 2 aromatic heterocycles. The second-order valence-corrected chi connectivity index (χ2v) is 12.6. The van der Waals surface area contributed by atoms with Gasteiger partial charge >= 0.3 is 0 Å². The smallest absolute Gasteiger partial charge is 0.127 e. The fourth-order valence-corrected chi connectivity index (χ4v) is 6.65. The van der Waals surface area contributed by atoms with Gasteiger partial charge in [0.25, 0.3) is 0 Å². The monoisotopic (exact) mass is 513 g/mol. The Labute approximate surface area is 231 Å². The molecule has 0 atom stereocenters. The van der Waals surface area contributed by atoms with Crippen LogP contribution in [0.2, 0.25) is 0 Å². The normalized spacial score (nSPS) is 20.2. The van der Waals surface area contributed by atoms with E-state index in [2.05, 4.69) is 81.2 Å². The summed E-state index contributed by atoms with van der Waals surface area (Å²) in [5, 5.41) is 0. The van der Waals surface area contributed by atoms with Gasteiger partial charge in [0.05, 0.1) is 11.4 Å². The second kappa shape index (κ2) is 8.54. The zero-order valence-electron chi connectivity index (χ0n) is 23.5. The lowest BCUT2D eigenvalue weighted by atomic mass is 9.69. The molecule has 1 aliphatic carbocycles. The zero-order chi connectivity index (χ0) is 26.9. The maximum atomic E-state index is 6.21. The molecule has 0 bridgehead atoms. The predicted octanol–water partition coefficient (Wildman–Crippen LogP) is 7.96. The van der Waals surface area contributed by atoms with Gasteiger partial charge in [0, 0.05) is 47.9 Å². The molecule has 4 nitrogen and oxygen atoms in total. The van der Waals surface area contributed by atoms with E-state index >= 15 is 0 Å². The molecule has 0 radical (unpaired) electrons. The van der Waals surface area contributed by atoms with Crippen molar-refractivity contribution in [2.75, 3.05) is 18.0 Å². The van der Waals surface area contributed by atoms with Gasteiger partial charge in [0.1, 0.15) is 11.5 Å². The van der Waals surface area contributed by atoms with Crippen molar-refractivity contribution in [3.63, 3.8) is 0 Å². The lowest BCUT2D eigenvalue weighted by Crippen LogP contribution is -2.44. The molecule has 39 heavy (non-hydrogen) atoms. The molecule has 0 amide bonds. The summed E-state index contributed by atoms with van der Waals surface area (Å²) in [6, 6.07) is 13.1. The number of rotatable bonds is 2. The minimum Gasteiger partial charge on any atom is -0.462 e. The lowest BCUT2D eigenvalue weighted by Gasteiger charge is -2.48. The average Bonchev–Trinajstić information content (AvgIpc) is 3.25. The van der Waals surface area contributed by atoms with Crippen LogP contribution in [0.1, 0.15) is 75.5 Å². The Morgan fingerprint density at radius 1 is 0.821 bits per heavy atom. The first-order chi connectivity index (χ1) is 18.7. The first kappa shape index (κ1) is 24.1. The van der Waals surface area contributed by atoms with Crippen LogP contribution in [0.5, 0.6) is 0 Å². The van der Waals surface area contributed by atoms with Crippen LogP contribution in [0.3, 0.4) is 0 Å². The molecule has 0 spiro atoms. The highest BCUT2D eigenvalue weighted by atomic mass is 16.5. The van der Waals surface area contributed by atoms with Crippen LogP contribution in [0.4, 0.5) is 5.69 Å². The fourth-order valence-electron chi connectivity index (χ4n) is 6.65. The molecule has 4 aliphatic rings. The number of allylic oxidation sites excluding steroid dienone is 5. The molecule has 5 heterocycles.